The van der Waals surface area contributed by atoms with Gasteiger partial charge in [0.25, 0.3) is 0 Å². The van der Waals surface area contributed by atoms with Crippen LogP contribution >= 0.6 is 31.9 Å². The standard InChI is InChI=1S/C20H20Br2F3N3O2/c1-18(2,3)9-7-29-16(26-9)14-12(21)11(20(23,24)25)13(22)15(28-14)17-27-10(8-30-17)19(4,5)6/h7-8H,1-6H3. The fraction of sp³-hybridized carbons (Fsp3) is 0.450. The van der Waals surface area contributed by atoms with Gasteiger partial charge in [-0.3, -0.25) is 0 Å². The Morgan fingerprint density at radius 1 is 0.700 bits per heavy atom. The SMILES string of the molecule is CC(C)(C)c1coc(-c2nc(-c3nc(C(C)(C)C)co3)c(Br)c(C(F)(F)F)c2Br)n1. The summed E-state index contributed by atoms with van der Waals surface area (Å²) in [7, 11) is 0. The third-order valence-corrected chi connectivity index (χ3v) is 5.86. The zero-order valence-corrected chi connectivity index (χ0v) is 20.4. The number of halogens is 5. The van der Waals surface area contributed by atoms with Crippen LogP contribution in [-0.2, 0) is 17.0 Å². The molecule has 5 nitrogen and oxygen atoms in total. The predicted molar refractivity (Wildman–Crippen MR) is 113 cm³/mol. The Balaban J connectivity index is 2.28. The molecule has 10 heteroatoms. The van der Waals surface area contributed by atoms with E-state index in [2.05, 4.69) is 46.8 Å². The Kier molecular flexibility index (Phi) is 5.73. The quantitative estimate of drug-likeness (QED) is 0.330. The molecule has 0 amide bonds. The van der Waals surface area contributed by atoms with Gasteiger partial charge in [-0.15, -0.1) is 0 Å². The Hall–Kier alpha value is -1.68. The van der Waals surface area contributed by atoms with Crippen molar-refractivity contribution >= 4 is 31.9 Å². The second-order valence-corrected chi connectivity index (χ2v) is 10.5. The first-order valence-electron chi connectivity index (χ1n) is 8.99. The van der Waals surface area contributed by atoms with Crippen molar-refractivity contribution in [3.63, 3.8) is 0 Å². The molecular weight excluding hydrogens is 531 g/mol. The molecule has 3 aromatic heterocycles. The topological polar surface area (TPSA) is 65.0 Å². The molecule has 0 saturated carbocycles. The third kappa shape index (κ3) is 4.34. The lowest BCUT2D eigenvalue weighted by Gasteiger charge is -2.16. The van der Waals surface area contributed by atoms with Gasteiger partial charge in [0.2, 0.25) is 11.8 Å². The second-order valence-electron chi connectivity index (χ2n) is 8.89. The van der Waals surface area contributed by atoms with E-state index in [-0.39, 0.29) is 42.9 Å². The molecule has 3 rings (SSSR count). The van der Waals surface area contributed by atoms with Crippen molar-refractivity contribution in [1.82, 2.24) is 15.0 Å². The average molecular weight is 551 g/mol. The van der Waals surface area contributed by atoms with Gasteiger partial charge in [0, 0.05) is 10.8 Å². The van der Waals surface area contributed by atoms with Crippen LogP contribution in [0.15, 0.2) is 30.3 Å². The van der Waals surface area contributed by atoms with Crippen LogP contribution in [0.5, 0.6) is 0 Å². The maximum atomic E-state index is 13.9. The van der Waals surface area contributed by atoms with E-state index in [9.17, 15) is 13.2 Å². The van der Waals surface area contributed by atoms with Crippen LogP contribution in [0.25, 0.3) is 23.2 Å². The van der Waals surface area contributed by atoms with E-state index in [1.54, 1.807) is 0 Å². The first kappa shape index (κ1) is 23.0. The molecule has 0 aliphatic carbocycles. The zero-order chi connectivity index (χ0) is 22.6. The summed E-state index contributed by atoms with van der Waals surface area (Å²) in [5.41, 5.74) is -0.635. The number of alkyl halides is 3. The molecule has 162 valence electrons. The summed E-state index contributed by atoms with van der Waals surface area (Å²) in [6.45, 7) is 11.5. The lowest BCUT2D eigenvalue weighted by atomic mass is 9.93. The fourth-order valence-corrected chi connectivity index (χ4v) is 4.16. The number of hydrogen-bond acceptors (Lipinski definition) is 5. The van der Waals surface area contributed by atoms with Gasteiger partial charge in [0.1, 0.15) is 23.9 Å². The molecule has 0 atom stereocenters. The van der Waals surface area contributed by atoms with Gasteiger partial charge in [0.15, 0.2) is 0 Å². The average Bonchev–Trinajstić information content (AvgIpc) is 3.22. The molecule has 0 aromatic carbocycles. The van der Waals surface area contributed by atoms with Crippen LogP contribution < -0.4 is 0 Å². The van der Waals surface area contributed by atoms with Gasteiger partial charge in [-0.05, 0) is 31.9 Å². The van der Waals surface area contributed by atoms with Gasteiger partial charge in [-0.25, -0.2) is 15.0 Å². The Morgan fingerprint density at radius 3 is 1.33 bits per heavy atom. The molecule has 0 aliphatic heterocycles. The van der Waals surface area contributed by atoms with E-state index in [1.807, 2.05) is 41.5 Å². The highest BCUT2D eigenvalue weighted by atomic mass is 79.9. The van der Waals surface area contributed by atoms with Crippen LogP contribution in [0.2, 0.25) is 0 Å². The molecule has 3 heterocycles. The largest absolute Gasteiger partial charge is 0.443 e. The Morgan fingerprint density at radius 2 is 1.07 bits per heavy atom. The lowest BCUT2D eigenvalue weighted by Crippen LogP contribution is -2.13. The molecule has 0 radical (unpaired) electrons. The van der Waals surface area contributed by atoms with E-state index >= 15 is 0 Å². The van der Waals surface area contributed by atoms with Crippen LogP contribution in [0.1, 0.15) is 58.5 Å². The highest BCUT2D eigenvalue weighted by Crippen LogP contribution is 2.46. The summed E-state index contributed by atoms with van der Waals surface area (Å²) in [6.07, 6.45) is -1.84. The number of hydrogen-bond donors (Lipinski definition) is 0. The van der Waals surface area contributed by atoms with Crippen LogP contribution in [0, 0.1) is 0 Å². The first-order chi connectivity index (χ1) is 13.6. The highest BCUT2D eigenvalue weighted by molar-refractivity contribution is 9.11. The molecule has 3 aromatic rings. The van der Waals surface area contributed by atoms with Gasteiger partial charge in [0.05, 0.1) is 25.9 Å². The molecule has 0 saturated heterocycles. The maximum Gasteiger partial charge on any atom is 0.418 e. The number of oxazole rings is 2. The fourth-order valence-electron chi connectivity index (χ4n) is 2.53. The second kappa shape index (κ2) is 7.47. The van der Waals surface area contributed by atoms with E-state index in [4.69, 9.17) is 8.83 Å². The van der Waals surface area contributed by atoms with Crippen molar-refractivity contribution in [2.24, 2.45) is 0 Å². The smallest absolute Gasteiger partial charge is 0.418 e. The van der Waals surface area contributed by atoms with E-state index in [0.717, 1.165) is 0 Å². The van der Waals surface area contributed by atoms with Gasteiger partial charge >= 0.3 is 6.18 Å². The van der Waals surface area contributed by atoms with Crippen molar-refractivity contribution in [3.8, 4) is 23.2 Å². The van der Waals surface area contributed by atoms with Crippen LogP contribution in [0.4, 0.5) is 13.2 Å². The van der Waals surface area contributed by atoms with E-state index in [0.29, 0.717) is 11.4 Å². The summed E-state index contributed by atoms with van der Waals surface area (Å²) in [4.78, 5) is 13.1. The number of rotatable bonds is 2. The molecule has 30 heavy (non-hydrogen) atoms. The van der Waals surface area contributed by atoms with Crippen molar-refractivity contribution < 1.29 is 22.0 Å². The molecule has 0 bridgehead atoms. The normalized spacial score (nSPS) is 13.2. The molecule has 0 spiro atoms. The van der Waals surface area contributed by atoms with E-state index < -0.39 is 11.7 Å². The summed E-state index contributed by atoms with van der Waals surface area (Å²) >= 11 is 6.09. The summed E-state index contributed by atoms with van der Waals surface area (Å²) < 4.78 is 52.1. The van der Waals surface area contributed by atoms with Crippen molar-refractivity contribution in [2.75, 3.05) is 0 Å². The molecule has 0 N–H and O–H groups in total. The third-order valence-electron chi connectivity index (χ3n) is 4.31. The summed E-state index contributed by atoms with van der Waals surface area (Å²) in [5.74, 6) is -0.0673. The van der Waals surface area contributed by atoms with Gasteiger partial charge in [-0.1, -0.05) is 41.5 Å². The van der Waals surface area contributed by atoms with Gasteiger partial charge in [-0.2, -0.15) is 13.2 Å². The monoisotopic (exact) mass is 549 g/mol. The minimum absolute atomic E-state index is 0.0337. The zero-order valence-electron chi connectivity index (χ0n) is 17.2. The van der Waals surface area contributed by atoms with Crippen molar-refractivity contribution in [1.29, 1.82) is 0 Å². The van der Waals surface area contributed by atoms with Crippen molar-refractivity contribution in [2.45, 2.75) is 58.5 Å². The number of aromatic nitrogens is 3. The lowest BCUT2D eigenvalue weighted by molar-refractivity contribution is -0.138. The van der Waals surface area contributed by atoms with Crippen LogP contribution in [-0.4, -0.2) is 15.0 Å². The minimum atomic E-state index is -4.68. The number of nitrogens with zero attached hydrogens (tertiary/aromatic N) is 3. The molecule has 0 unspecified atom stereocenters. The number of pyridine rings is 1. The minimum Gasteiger partial charge on any atom is -0.443 e. The van der Waals surface area contributed by atoms with Crippen LogP contribution in [0.3, 0.4) is 0 Å². The maximum absolute atomic E-state index is 13.9. The Labute approximate surface area is 188 Å². The molecule has 0 aliphatic rings. The summed E-state index contributed by atoms with van der Waals surface area (Å²) in [5, 5.41) is 0. The van der Waals surface area contributed by atoms with Crippen molar-refractivity contribution in [3.05, 3.63) is 38.4 Å². The predicted octanol–water partition coefficient (Wildman–Crippen LogP) is 7.53. The van der Waals surface area contributed by atoms with Gasteiger partial charge < -0.3 is 8.83 Å². The summed E-state index contributed by atoms with van der Waals surface area (Å²) in [6, 6.07) is 0. The Bertz CT molecular complexity index is 1010. The first-order valence-corrected chi connectivity index (χ1v) is 10.6. The molecular formula is C20H20Br2F3N3O2. The van der Waals surface area contributed by atoms with E-state index in [1.165, 1.54) is 12.5 Å². The highest BCUT2D eigenvalue weighted by Gasteiger charge is 2.40. The molecule has 0 fully saturated rings.